The van der Waals surface area contributed by atoms with E-state index in [1.807, 2.05) is 9.80 Å². The van der Waals surface area contributed by atoms with Crippen molar-refractivity contribution in [3.05, 3.63) is 29.8 Å². The number of hydrogen-bond acceptors (Lipinski definition) is 3. The van der Waals surface area contributed by atoms with Gasteiger partial charge in [0.1, 0.15) is 11.6 Å². The fourth-order valence-electron chi connectivity index (χ4n) is 2.95. The van der Waals surface area contributed by atoms with Crippen molar-refractivity contribution in [3.63, 3.8) is 0 Å². The van der Waals surface area contributed by atoms with Crippen LogP contribution in [-0.2, 0) is 4.79 Å². The van der Waals surface area contributed by atoms with Crippen LogP contribution in [0.2, 0.25) is 0 Å². The predicted molar refractivity (Wildman–Crippen MR) is 80.3 cm³/mol. The summed E-state index contributed by atoms with van der Waals surface area (Å²) in [6.07, 6.45) is 1.50. The number of amides is 1. The lowest BCUT2D eigenvalue weighted by atomic mass is 9.95. The predicted octanol–water partition coefficient (Wildman–Crippen LogP) is 2.71. The van der Waals surface area contributed by atoms with Crippen LogP contribution in [0.15, 0.2) is 18.2 Å². The molecule has 3 rings (SSSR count). The molecule has 114 valence electrons. The molecule has 0 aromatic heterocycles. The van der Waals surface area contributed by atoms with Crippen molar-refractivity contribution >= 4 is 23.4 Å². The fourth-order valence-corrected chi connectivity index (χ4v) is 3.91. The number of anilines is 1. The molecule has 0 bridgehead atoms. The third-order valence-corrected chi connectivity index (χ3v) is 5.09. The maximum Gasteiger partial charge on any atom is 0.226 e. The van der Waals surface area contributed by atoms with Crippen LogP contribution < -0.4 is 4.90 Å². The molecule has 0 saturated carbocycles. The minimum atomic E-state index is -0.558. The molecule has 2 fully saturated rings. The van der Waals surface area contributed by atoms with E-state index in [0.717, 1.165) is 37.1 Å². The van der Waals surface area contributed by atoms with Crippen molar-refractivity contribution in [1.82, 2.24) is 4.90 Å². The first-order valence-corrected chi connectivity index (χ1v) is 8.36. The van der Waals surface area contributed by atoms with E-state index in [4.69, 9.17) is 0 Å². The monoisotopic (exact) mass is 312 g/mol. The second-order valence-corrected chi connectivity index (χ2v) is 6.60. The van der Waals surface area contributed by atoms with Crippen LogP contribution in [-0.4, -0.2) is 42.1 Å². The largest absolute Gasteiger partial charge is 0.371 e. The highest BCUT2D eigenvalue weighted by Gasteiger charge is 2.30. The molecule has 0 atom stereocenters. The van der Waals surface area contributed by atoms with E-state index in [0.29, 0.717) is 18.8 Å². The number of hydrogen-bond donors (Lipinski definition) is 0. The Morgan fingerprint density at radius 3 is 2.33 bits per heavy atom. The normalized spacial score (nSPS) is 20.1. The Labute approximate surface area is 127 Å². The van der Waals surface area contributed by atoms with Crippen molar-refractivity contribution in [2.75, 3.05) is 36.2 Å². The quantitative estimate of drug-likeness (QED) is 0.839. The average molecular weight is 312 g/mol. The van der Waals surface area contributed by atoms with E-state index >= 15 is 0 Å². The highest BCUT2D eigenvalue weighted by Crippen LogP contribution is 2.27. The van der Waals surface area contributed by atoms with Crippen LogP contribution in [0.25, 0.3) is 0 Å². The second-order valence-electron chi connectivity index (χ2n) is 5.53. The van der Waals surface area contributed by atoms with Crippen molar-refractivity contribution in [1.29, 1.82) is 0 Å². The number of halogens is 2. The number of nitrogens with zero attached hydrogens (tertiary/aromatic N) is 2. The molecule has 1 aromatic rings. The van der Waals surface area contributed by atoms with E-state index in [2.05, 4.69) is 0 Å². The Bertz CT molecular complexity index is 506. The summed E-state index contributed by atoms with van der Waals surface area (Å²) < 4.78 is 26.5. The summed E-state index contributed by atoms with van der Waals surface area (Å²) in [5, 5.41) is 0. The summed E-state index contributed by atoms with van der Waals surface area (Å²) in [4.78, 5) is 16.2. The molecule has 1 amide bonds. The Hall–Kier alpha value is -1.30. The molecular weight excluding hydrogens is 294 g/mol. The van der Waals surface area contributed by atoms with Crippen LogP contribution in [0.4, 0.5) is 14.5 Å². The summed E-state index contributed by atoms with van der Waals surface area (Å²) >= 11 is 1.79. The van der Waals surface area contributed by atoms with Crippen molar-refractivity contribution in [3.8, 4) is 0 Å². The van der Waals surface area contributed by atoms with E-state index in [1.165, 1.54) is 12.1 Å². The van der Waals surface area contributed by atoms with Crippen molar-refractivity contribution in [2.45, 2.75) is 12.8 Å². The van der Waals surface area contributed by atoms with Crippen LogP contribution in [0, 0.1) is 17.6 Å². The van der Waals surface area contributed by atoms with Gasteiger partial charge in [-0.05, 0) is 25.0 Å². The van der Waals surface area contributed by atoms with Crippen LogP contribution >= 0.6 is 11.8 Å². The number of rotatable bonds is 2. The molecule has 3 nitrogen and oxygen atoms in total. The number of piperidine rings is 1. The van der Waals surface area contributed by atoms with E-state index in [9.17, 15) is 13.6 Å². The van der Waals surface area contributed by atoms with Gasteiger partial charge < -0.3 is 9.80 Å². The lowest BCUT2D eigenvalue weighted by molar-refractivity contribution is -0.134. The van der Waals surface area contributed by atoms with Gasteiger partial charge in [0.2, 0.25) is 5.91 Å². The molecule has 2 aliphatic heterocycles. The highest BCUT2D eigenvalue weighted by atomic mass is 32.2. The molecule has 0 aliphatic carbocycles. The van der Waals surface area contributed by atoms with Gasteiger partial charge in [0, 0.05) is 43.1 Å². The highest BCUT2D eigenvalue weighted by molar-refractivity contribution is 7.99. The molecule has 0 spiro atoms. The summed E-state index contributed by atoms with van der Waals surface area (Å²) in [5.41, 5.74) is 0.565. The van der Waals surface area contributed by atoms with Crippen LogP contribution in [0.1, 0.15) is 12.8 Å². The Morgan fingerprint density at radius 2 is 1.76 bits per heavy atom. The van der Waals surface area contributed by atoms with Gasteiger partial charge in [0.15, 0.2) is 0 Å². The first kappa shape index (κ1) is 14.6. The maximum atomic E-state index is 13.3. The lowest BCUT2D eigenvalue weighted by Gasteiger charge is -2.34. The number of benzene rings is 1. The second kappa shape index (κ2) is 6.22. The zero-order valence-corrected chi connectivity index (χ0v) is 12.5. The molecule has 2 saturated heterocycles. The lowest BCUT2D eigenvalue weighted by Crippen LogP contribution is -2.41. The summed E-state index contributed by atoms with van der Waals surface area (Å²) in [7, 11) is 0. The van der Waals surface area contributed by atoms with Gasteiger partial charge in [0.05, 0.1) is 5.88 Å². The summed E-state index contributed by atoms with van der Waals surface area (Å²) in [6, 6.07) is 3.58. The van der Waals surface area contributed by atoms with Crippen molar-refractivity contribution < 1.29 is 13.6 Å². The van der Waals surface area contributed by atoms with E-state index in [1.54, 1.807) is 11.8 Å². The third-order valence-electron chi connectivity index (χ3n) is 4.12. The smallest absolute Gasteiger partial charge is 0.226 e. The average Bonchev–Trinajstić information content (AvgIpc) is 3.00. The van der Waals surface area contributed by atoms with Gasteiger partial charge in [-0.2, -0.15) is 0 Å². The molecule has 1 aromatic carbocycles. The third kappa shape index (κ3) is 3.31. The van der Waals surface area contributed by atoms with Crippen LogP contribution in [0.5, 0.6) is 0 Å². The SMILES string of the molecule is O=C(C1CCN(c2cc(F)cc(F)c2)CC1)N1CCSC1. The molecule has 0 unspecified atom stereocenters. The fraction of sp³-hybridized carbons (Fsp3) is 0.533. The minimum absolute atomic E-state index is 0.0540. The zero-order chi connectivity index (χ0) is 14.8. The number of thioether (sulfide) groups is 1. The van der Waals surface area contributed by atoms with E-state index < -0.39 is 11.6 Å². The standard InChI is InChI=1S/C15H18F2N2OS/c16-12-7-13(17)9-14(8-12)18-3-1-11(2-4-18)15(20)19-5-6-21-10-19/h7-9,11H,1-6,10H2. The van der Waals surface area contributed by atoms with Gasteiger partial charge in [-0.1, -0.05) is 0 Å². The maximum absolute atomic E-state index is 13.3. The summed E-state index contributed by atoms with van der Waals surface area (Å²) in [6.45, 7) is 2.18. The van der Waals surface area contributed by atoms with E-state index in [-0.39, 0.29) is 11.8 Å². The Morgan fingerprint density at radius 1 is 1.10 bits per heavy atom. The van der Waals surface area contributed by atoms with Crippen molar-refractivity contribution in [2.24, 2.45) is 5.92 Å². The van der Waals surface area contributed by atoms with Gasteiger partial charge >= 0.3 is 0 Å². The molecule has 0 radical (unpaired) electrons. The first-order valence-electron chi connectivity index (χ1n) is 7.21. The number of carbonyl (C=O) groups excluding carboxylic acids is 1. The minimum Gasteiger partial charge on any atom is -0.371 e. The zero-order valence-electron chi connectivity index (χ0n) is 11.7. The molecule has 6 heteroatoms. The van der Waals surface area contributed by atoms with Gasteiger partial charge in [0.25, 0.3) is 0 Å². The number of carbonyl (C=O) groups is 1. The Balaban J connectivity index is 1.60. The van der Waals surface area contributed by atoms with Crippen LogP contribution in [0.3, 0.4) is 0 Å². The first-order chi connectivity index (χ1) is 10.1. The van der Waals surface area contributed by atoms with Gasteiger partial charge in [-0.15, -0.1) is 11.8 Å². The topological polar surface area (TPSA) is 23.6 Å². The molecule has 2 aliphatic rings. The molecular formula is C15H18F2N2OS. The summed E-state index contributed by atoms with van der Waals surface area (Å²) in [5.74, 6) is 0.999. The molecule has 2 heterocycles. The molecule has 21 heavy (non-hydrogen) atoms. The van der Waals surface area contributed by atoms with Gasteiger partial charge in [-0.25, -0.2) is 8.78 Å². The van der Waals surface area contributed by atoms with Gasteiger partial charge in [-0.3, -0.25) is 4.79 Å². The molecule has 0 N–H and O–H groups in total. The Kier molecular flexibility index (Phi) is 4.33.